The molecule has 1 unspecified atom stereocenters. The maximum absolute atomic E-state index is 12.5. The monoisotopic (exact) mass is 316 g/mol. The number of aryl methyl sites for hydroxylation is 3. The summed E-state index contributed by atoms with van der Waals surface area (Å²) < 4.78 is 5.74. The summed E-state index contributed by atoms with van der Waals surface area (Å²) in [6.07, 6.45) is 6.50. The molecule has 3 rings (SSSR count). The number of ether oxygens (including phenoxy) is 1. The molecular weight excluding hydrogens is 286 g/mol. The van der Waals surface area contributed by atoms with Crippen molar-refractivity contribution in [2.75, 3.05) is 19.7 Å². The summed E-state index contributed by atoms with van der Waals surface area (Å²) in [5, 5.41) is 0. The number of carbonyl (C=O) groups excluding carboxylic acids is 1. The third-order valence-electron chi connectivity index (χ3n) is 5.92. The first-order valence-corrected chi connectivity index (χ1v) is 9.16. The molecule has 1 aromatic rings. The van der Waals surface area contributed by atoms with Crippen LogP contribution in [0.25, 0.3) is 0 Å². The van der Waals surface area contributed by atoms with Crippen LogP contribution in [0.15, 0.2) is 12.1 Å². The fourth-order valence-corrected chi connectivity index (χ4v) is 4.42. The van der Waals surface area contributed by atoms with E-state index in [4.69, 9.17) is 4.74 Å². The number of carbonyl (C=O) groups is 1. The van der Waals surface area contributed by atoms with E-state index in [0.717, 1.165) is 16.7 Å². The number of benzene rings is 1. The predicted molar refractivity (Wildman–Crippen MR) is 92.0 cm³/mol. The topological polar surface area (TPSA) is 30.7 Å². The molecular formula is C20H30NO2+. The zero-order valence-electron chi connectivity index (χ0n) is 14.8. The Morgan fingerprint density at radius 2 is 1.78 bits per heavy atom. The van der Waals surface area contributed by atoms with E-state index in [1.165, 1.54) is 50.8 Å². The Bertz CT molecular complexity index is 579. The van der Waals surface area contributed by atoms with Crippen LogP contribution in [0.5, 0.6) is 0 Å². The standard InChI is InChI=1S/C20H29NO2/c1-14-11-16(3)18(12-15(14)2)20(22)23-13-17-7-6-10-21-9-5-4-8-19(17)21/h11-12,17,19H,4-10,13H2,1-3H3/p+1/t17-,19-/m1/s1. The Morgan fingerprint density at radius 3 is 2.61 bits per heavy atom. The first-order chi connectivity index (χ1) is 11.1. The molecule has 0 aromatic heterocycles. The van der Waals surface area contributed by atoms with Gasteiger partial charge in [0.1, 0.15) is 6.61 Å². The maximum atomic E-state index is 12.5. The number of fused-ring (bicyclic) bond motifs is 1. The third kappa shape index (κ3) is 3.60. The van der Waals surface area contributed by atoms with Gasteiger partial charge in [0.15, 0.2) is 0 Å². The maximum Gasteiger partial charge on any atom is 0.338 e. The van der Waals surface area contributed by atoms with Crippen molar-refractivity contribution in [1.29, 1.82) is 0 Å². The van der Waals surface area contributed by atoms with E-state index in [9.17, 15) is 4.79 Å². The van der Waals surface area contributed by atoms with Gasteiger partial charge in [-0.3, -0.25) is 0 Å². The van der Waals surface area contributed by atoms with Crippen molar-refractivity contribution in [3.63, 3.8) is 0 Å². The molecule has 2 fully saturated rings. The smallest absolute Gasteiger partial charge is 0.338 e. The zero-order valence-corrected chi connectivity index (χ0v) is 14.8. The van der Waals surface area contributed by atoms with Crippen molar-refractivity contribution in [1.82, 2.24) is 0 Å². The Balaban J connectivity index is 1.63. The molecule has 0 bridgehead atoms. The van der Waals surface area contributed by atoms with Gasteiger partial charge < -0.3 is 9.64 Å². The van der Waals surface area contributed by atoms with Crippen LogP contribution >= 0.6 is 0 Å². The van der Waals surface area contributed by atoms with E-state index >= 15 is 0 Å². The molecule has 3 atom stereocenters. The molecule has 1 aromatic carbocycles. The molecule has 0 aliphatic carbocycles. The lowest BCUT2D eigenvalue weighted by molar-refractivity contribution is -0.940. The van der Waals surface area contributed by atoms with Crippen molar-refractivity contribution < 1.29 is 14.4 Å². The number of piperidine rings is 2. The van der Waals surface area contributed by atoms with E-state index in [1.54, 1.807) is 4.90 Å². The molecule has 126 valence electrons. The summed E-state index contributed by atoms with van der Waals surface area (Å²) >= 11 is 0. The number of hydrogen-bond acceptors (Lipinski definition) is 2. The molecule has 0 radical (unpaired) electrons. The minimum Gasteiger partial charge on any atom is -0.462 e. The van der Waals surface area contributed by atoms with Gasteiger partial charge in [-0.25, -0.2) is 4.79 Å². The highest BCUT2D eigenvalue weighted by Crippen LogP contribution is 2.22. The molecule has 0 spiro atoms. The lowest BCUT2D eigenvalue weighted by Crippen LogP contribution is -3.18. The minimum atomic E-state index is -0.145. The third-order valence-corrected chi connectivity index (χ3v) is 5.92. The summed E-state index contributed by atoms with van der Waals surface area (Å²) in [6.45, 7) is 9.35. The van der Waals surface area contributed by atoms with Crippen LogP contribution in [-0.4, -0.2) is 31.7 Å². The molecule has 3 heteroatoms. The Hall–Kier alpha value is -1.35. The van der Waals surface area contributed by atoms with E-state index < -0.39 is 0 Å². The molecule has 23 heavy (non-hydrogen) atoms. The van der Waals surface area contributed by atoms with Crippen LogP contribution in [-0.2, 0) is 4.74 Å². The first kappa shape index (κ1) is 16.5. The lowest BCUT2D eigenvalue weighted by Gasteiger charge is -2.41. The van der Waals surface area contributed by atoms with E-state index in [1.807, 2.05) is 13.0 Å². The molecule has 0 saturated carbocycles. The largest absolute Gasteiger partial charge is 0.462 e. The molecule has 2 aliphatic heterocycles. The van der Waals surface area contributed by atoms with Gasteiger partial charge in [-0.15, -0.1) is 0 Å². The quantitative estimate of drug-likeness (QED) is 0.869. The number of esters is 1. The van der Waals surface area contributed by atoms with Gasteiger partial charge in [0, 0.05) is 5.92 Å². The lowest BCUT2D eigenvalue weighted by atomic mass is 9.84. The zero-order chi connectivity index (χ0) is 16.4. The highest BCUT2D eigenvalue weighted by atomic mass is 16.5. The fourth-order valence-electron chi connectivity index (χ4n) is 4.42. The van der Waals surface area contributed by atoms with Crippen molar-refractivity contribution in [2.45, 2.75) is 58.9 Å². The van der Waals surface area contributed by atoms with Crippen molar-refractivity contribution in [2.24, 2.45) is 5.92 Å². The second-order valence-electron chi connectivity index (χ2n) is 7.51. The Morgan fingerprint density at radius 1 is 1.04 bits per heavy atom. The first-order valence-electron chi connectivity index (χ1n) is 9.16. The van der Waals surface area contributed by atoms with E-state index in [-0.39, 0.29) is 5.97 Å². The summed E-state index contributed by atoms with van der Waals surface area (Å²) in [7, 11) is 0. The van der Waals surface area contributed by atoms with Gasteiger partial charge >= 0.3 is 5.97 Å². The average Bonchev–Trinajstić information content (AvgIpc) is 2.56. The summed E-state index contributed by atoms with van der Waals surface area (Å²) in [5.41, 5.74) is 4.14. The minimum absolute atomic E-state index is 0.145. The summed E-state index contributed by atoms with van der Waals surface area (Å²) in [6, 6.07) is 4.78. The van der Waals surface area contributed by atoms with Gasteiger partial charge in [-0.05, 0) is 75.6 Å². The predicted octanol–water partition coefficient (Wildman–Crippen LogP) is 2.62. The Kier molecular flexibility index (Phi) is 5.05. The summed E-state index contributed by atoms with van der Waals surface area (Å²) in [4.78, 5) is 14.3. The normalized spacial score (nSPS) is 27.3. The van der Waals surface area contributed by atoms with E-state index in [0.29, 0.717) is 18.6 Å². The van der Waals surface area contributed by atoms with Crippen molar-refractivity contribution in [3.05, 3.63) is 34.4 Å². The van der Waals surface area contributed by atoms with Gasteiger partial charge in [0.25, 0.3) is 0 Å². The molecule has 0 amide bonds. The van der Waals surface area contributed by atoms with Gasteiger partial charge in [-0.2, -0.15) is 0 Å². The fraction of sp³-hybridized carbons (Fsp3) is 0.650. The van der Waals surface area contributed by atoms with Crippen LogP contribution in [0, 0.1) is 26.7 Å². The molecule has 3 nitrogen and oxygen atoms in total. The van der Waals surface area contributed by atoms with Crippen LogP contribution < -0.4 is 4.90 Å². The SMILES string of the molecule is Cc1cc(C)c(C(=O)OC[C@H]2CCC[NH+]3CCCC[C@H]23)cc1C. The van der Waals surface area contributed by atoms with Crippen molar-refractivity contribution >= 4 is 5.97 Å². The van der Waals surface area contributed by atoms with Crippen molar-refractivity contribution in [3.8, 4) is 0 Å². The molecule has 2 heterocycles. The van der Waals surface area contributed by atoms with E-state index in [2.05, 4.69) is 19.9 Å². The van der Waals surface area contributed by atoms with Crippen LogP contribution in [0.4, 0.5) is 0 Å². The summed E-state index contributed by atoms with van der Waals surface area (Å²) in [5.74, 6) is 0.406. The van der Waals surface area contributed by atoms with Gasteiger partial charge in [0.05, 0.1) is 24.7 Å². The number of rotatable bonds is 3. The van der Waals surface area contributed by atoms with Crippen LogP contribution in [0.3, 0.4) is 0 Å². The number of nitrogens with one attached hydrogen (secondary N) is 1. The van der Waals surface area contributed by atoms with Crippen LogP contribution in [0.1, 0.15) is 59.2 Å². The molecule has 1 N–H and O–H groups in total. The second kappa shape index (κ2) is 7.04. The Labute approximate surface area is 140 Å². The number of quaternary nitrogens is 1. The second-order valence-corrected chi connectivity index (χ2v) is 7.51. The highest BCUT2D eigenvalue weighted by Gasteiger charge is 2.37. The molecule has 2 aliphatic rings. The number of hydrogen-bond donors (Lipinski definition) is 1. The van der Waals surface area contributed by atoms with Gasteiger partial charge in [-0.1, -0.05) is 6.07 Å². The highest BCUT2D eigenvalue weighted by molar-refractivity contribution is 5.91. The van der Waals surface area contributed by atoms with Gasteiger partial charge in [0.2, 0.25) is 0 Å². The average molecular weight is 316 g/mol. The molecule has 2 saturated heterocycles. The van der Waals surface area contributed by atoms with Crippen LogP contribution in [0.2, 0.25) is 0 Å².